The van der Waals surface area contributed by atoms with E-state index in [0.717, 1.165) is 58.5 Å². The summed E-state index contributed by atoms with van der Waals surface area (Å²) in [5.74, 6) is 1.11. The zero-order chi connectivity index (χ0) is 21.8. The zero-order valence-electron chi connectivity index (χ0n) is 18.9. The number of nitrogens with zero attached hydrogens (tertiary/aromatic N) is 6. The average Bonchev–Trinajstić information content (AvgIpc) is 3.39. The van der Waals surface area contributed by atoms with E-state index in [2.05, 4.69) is 66.7 Å². The molecule has 0 amide bonds. The maximum Gasteiger partial charge on any atom is 0.156 e. The smallest absolute Gasteiger partial charge is 0.156 e. The van der Waals surface area contributed by atoms with E-state index in [-0.39, 0.29) is 5.41 Å². The molecule has 1 aliphatic heterocycles. The largest absolute Gasteiger partial charge is 0.355 e. The number of hydrogen-bond acceptors (Lipinski definition) is 6. The van der Waals surface area contributed by atoms with Crippen molar-refractivity contribution in [3.8, 4) is 17.3 Å². The van der Waals surface area contributed by atoms with Gasteiger partial charge in [-0.1, -0.05) is 20.8 Å². The fourth-order valence-corrected chi connectivity index (χ4v) is 4.85. The molecular weight excluding hydrogens is 392 g/mol. The highest BCUT2D eigenvalue weighted by atomic mass is 32.1. The second-order valence-electron chi connectivity index (χ2n) is 9.48. The van der Waals surface area contributed by atoms with Crippen molar-refractivity contribution in [1.82, 2.24) is 19.3 Å². The van der Waals surface area contributed by atoms with Gasteiger partial charge in [-0.2, -0.15) is 5.26 Å². The SMILES string of the molecule is Cc1nc(-c2c(C)c(C#N)c3nc(C(C)(C)C)cn3c2N2CCC(N(C)C)C2)cs1. The van der Waals surface area contributed by atoms with Gasteiger partial charge in [-0.15, -0.1) is 11.3 Å². The lowest BCUT2D eigenvalue weighted by Gasteiger charge is -2.26. The molecular formula is C23H30N6S. The van der Waals surface area contributed by atoms with Gasteiger partial charge in [0.2, 0.25) is 0 Å². The predicted octanol–water partition coefficient (Wildman–Crippen LogP) is 4.38. The number of aryl methyl sites for hydroxylation is 1. The summed E-state index contributed by atoms with van der Waals surface area (Å²) in [5.41, 5.74) is 5.25. The van der Waals surface area contributed by atoms with Crippen LogP contribution in [0.15, 0.2) is 11.6 Å². The number of hydrogen-bond donors (Lipinski definition) is 0. The first kappa shape index (κ1) is 20.8. The highest BCUT2D eigenvalue weighted by molar-refractivity contribution is 7.09. The summed E-state index contributed by atoms with van der Waals surface area (Å²) in [6, 6.07) is 2.94. The minimum atomic E-state index is -0.0987. The number of pyridine rings is 1. The summed E-state index contributed by atoms with van der Waals surface area (Å²) in [7, 11) is 4.29. The molecule has 0 aromatic carbocycles. The van der Waals surface area contributed by atoms with Gasteiger partial charge >= 0.3 is 0 Å². The first-order valence-corrected chi connectivity index (χ1v) is 11.3. The molecule has 3 aromatic rings. The van der Waals surface area contributed by atoms with Crippen LogP contribution >= 0.6 is 11.3 Å². The average molecular weight is 423 g/mol. The molecule has 1 atom stereocenters. The number of likely N-dealkylation sites (N-methyl/N-ethyl adjacent to an activating group) is 1. The van der Waals surface area contributed by atoms with Crippen LogP contribution in [0.5, 0.6) is 0 Å². The van der Waals surface area contributed by atoms with Crippen molar-refractivity contribution in [3.63, 3.8) is 0 Å². The standard InChI is InChI=1S/C23H30N6S/c1-14-17(10-24)21-26-19(23(3,4)5)12-29(21)22(20(14)18-13-30-15(2)25-18)28-9-8-16(11-28)27(6)7/h12-13,16H,8-9,11H2,1-7H3. The number of fused-ring (bicyclic) bond motifs is 1. The molecule has 1 aliphatic rings. The Morgan fingerprint density at radius 2 is 1.97 bits per heavy atom. The molecule has 1 unspecified atom stereocenters. The van der Waals surface area contributed by atoms with Gasteiger partial charge in [0.1, 0.15) is 11.9 Å². The van der Waals surface area contributed by atoms with Crippen molar-refractivity contribution in [2.24, 2.45) is 0 Å². The minimum Gasteiger partial charge on any atom is -0.355 e. The van der Waals surface area contributed by atoms with Crippen LogP contribution in [0, 0.1) is 25.2 Å². The summed E-state index contributed by atoms with van der Waals surface area (Å²) in [6.07, 6.45) is 3.24. The van der Waals surface area contributed by atoms with Gasteiger partial charge < -0.3 is 9.80 Å². The van der Waals surface area contributed by atoms with Gasteiger partial charge in [-0.25, -0.2) is 9.97 Å². The molecule has 4 rings (SSSR count). The second-order valence-corrected chi connectivity index (χ2v) is 10.5. The molecule has 0 spiro atoms. The third-order valence-corrected chi connectivity index (χ3v) is 6.85. The molecule has 0 radical (unpaired) electrons. The Bertz CT molecular complexity index is 1140. The molecule has 0 N–H and O–H groups in total. The van der Waals surface area contributed by atoms with Gasteiger partial charge in [-0.05, 0) is 39.9 Å². The van der Waals surface area contributed by atoms with E-state index in [1.165, 1.54) is 0 Å². The summed E-state index contributed by atoms with van der Waals surface area (Å²) < 4.78 is 2.15. The topological polar surface area (TPSA) is 60.5 Å². The number of rotatable bonds is 3. The third-order valence-electron chi connectivity index (χ3n) is 6.08. The second kappa shape index (κ2) is 7.36. The van der Waals surface area contributed by atoms with Crippen LogP contribution in [0.25, 0.3) is 16.9 Å². The van der Waals surface area contributed by atoms with E-state index in [0.29, 0.717) is 11.6 Å². The minimum absolute atomic E-state index is 0.0987. The molecule has 0 bridgehead atoms. The van der Waals surface area contributed by atoms with E-state index in [1.54, 1.807) is 11.3 Å². The lowest BCUT2D eigenvalue weighted by Crippen LogP contribution is -2.32. The monoisotopic (exact) mass is 422 g/mol. The van der Waals surface area contributed by atoms with Gasteiger partial charge in [0.25, 0.3) is 0 Å². The molecule has 1 saturated heterocycles. The van der Waals surface area contributed by atoms with Crippen LogP contribution in [0.1, 0.15) is 49.0 Å². The number of anilines is 1. The Labute approximate surface area is 182 Å². The highest BCUT2D eigenvalue weighted by Gasteiger charge is 2.32. The van der Waals surface area contributed by atoms with Gasteiger partial charge in [0, 0.05) is 41.7 Å². The summed E-state index contributed by atoms with van der Waals surface area (Å²) in [5, 5.41) is 13.2. The zero-order valence-corrected chi connectivity index (χ0v) is 19.8. The van der Waals surface area contributed by atoms with Crippen molar-refractivity contribution in [1.29, 1.82) is 5.26 Å². The van der Waals surface area contributed by atoms with Crippen LogP contribution in [-0.2, 0) is 5.41 Å². The van der Waals surface area contributed by atoms with Crippen molar-refractivity contribution in [2.75, 3.05) is 32.1 Å². The number of imidazole rings is 1. The van der Waals surface area contributed by atoms with Crippen LogP contribution in [-0.4, -0.2) is 52.5 Å². The molecule has 158 valence electrons. The molecule has 0 saturated carbocycles. The van der Waals surface area contributed by atoms with Crippen LogP contribution in [0.2, 0.25) is 0 Å². The lowest BCUT2D eigenvalue weighted by molar-refractivity contribution is 0.315. The molecule has 3 aromatic heterocycles. The molecule has 6 nitrogen and oxygen atoms in total. The normalized spacial score (nSPS) is 17.3. The van der Waals surface area contributed by atoms with E-state index >= 15 is 0 Å². The fourth-order valence-electron chi connectivity index (χ4n) is 4.25. The van der Waals surface area contributed by atoms with Crippen molar-refractivity contribution in [3.05, 3.63) is 33.4 Å². The maximum atomic E-state index is 10.0. The summed E-state index contributed by atoms with van der Waals surface area (Å²) in [6.45, 7) is 12.5. The first-order chi connectivity index (χ1) is 14.1. The summed E-state index contributed by atoms with van der Waals surface area (Å²) in [4.78, 5) is 14.5. The van der Waals surface area contributed by atoms with Gasteiger partial charge in [0.05, 0.1) is 22.0 Å². The van der Waals surface area contributed by atoms with Crippen LogP contribution in [0.3, 0.4) is 0 Å². The van der Waals surface area contributed by atoms with Crippen LogP contribution in [0.4, 0.5) is 5.82 Å². The van der Waals surface area contributed by atoms with Crippen molar-refractivity contribution in [2.45, 2.75) is 52.5 Å². The van der Waals surface area contributed by atoms with Crippen LogP contribution < -0.4 is 4.90 Å². The Morgan fingerprint density at radius 1 is 1.23 bits per heavy atom. The van der Waals surface area contributed by atoms with Gasteiger partial charge in [-0.3, -0.25) is 4.40 Å². The molecule has 30 heavy (non-hydrogen) atoms. The Hall–Kier alpha value is -2.43. The predicted molar refractivity (Wildman–Crippen MR) is 123 cm³/mol. The Kier molecular flexibility index (Phi) is 5.11. The van der Waals surface area contributed by atoms with E-state index in [9.17, 15) is 5.26 Å². The van der Waals surface area contributed by atoms with E-state index in [1.807, 2.05) is 13.8 Å². The molecule has 1 fully saturated rings. The molecule has 4 heterocycles. The van der Waals surface area contributed by atoms with Crippen molar-refractivity contribution >= 4 is 22.8 Å². The first-order valence-electron chi connectivity index (χ1n) is 10.4. The number of aromatic nitrogens is 3. The maximum absolute atomic E-state index is 10.0. The lowest BCUT2D eigenvalue weighted by atomic mass is 9.93. The Morgan fingerprint density at radius 3 is 2.50 bits per heavy atom. The molecule has 7 heteroatoms. The fraction of sp³-hybridized carbons (Fsp3) is 0.522. The van der Waals surface area contributed by atoms with E-state index in [4.69, 9.17) is 9.97 Å². The number of nitriles is 1. The Balaban J connectivity index is 2.05. The third kappa shape index (κ3) is 3.38. The highest BCUT2D eigenvalue weighted by Crippen LogP contribution is 2.40. The quantitative estimate of drug-likeness (QED) is 0.627. The number of thiazole rings is 1. The van der Waals surface area contributed by atoms with Gasteiger partial charge in [0.15, 0.2) is 5.65 Å². The van der Waals surface area contributed by atoms with Crippen molar-refractivity contribution < 1.29 is 0 Å². The van der Waals surface area contributed by atoms with E-state index < -0.39 is 0 Å². The summed E-state index contributed by atoms with van der Waals surface area (Å²) >= 11 is 1.65. The molecule has 0 aliphatic carbocycles.